The quantitative estimate of drug-likeness (QED) is 0.299. The maximum absolute atomic E-state index is 13.8. The maximum atomic E-state index is 13.8. The topological polar surface area (TPSA) is 99.5 Å². The Morgan fingerprint density at radius 1 is 1.12 bits per heavy atom. The molecule has 8 nitrogen and oxygen atoms in total. The average molecular weight is 568 g/mol. The van der Waals surface area contributed by atoms with Gasteiger partial charge in [0.15, 0.2) is 21.3 Å². The molecule has 0 radical (unpaired) electrons. The van der Waals surface area contributed by atoms with E-state index in [1.807, 2.05) is 17.6 Å². The van der Waals surface area contributed by atoms with Gasteiger partial charge in [-0.05, 0) is 61.7 Å². The van der Waals surface area contributed by atoms with Crippen molar-refractivity contribution < 1.29 is 31.5 Å². The summed E-state index contributed by atoms with van der Waals surface area (Å²) in [6.45, 7) is 3.73. The summed E-state index contributed by atoms with van der Waals surface area (Å²) in [5, 5.41) is 2.87. The van der Waals surface area contributed by atoms with Crippen LogP contribution in [0.1, 0.15) is 66.0 Å². The van der Waals surface area contributed by atoms with Crippen LogP contribution >= 0.6 is 0 Å². The number of carbonyl (C=O) groups is 1. The fourth-order valence-electron chi connectivity index (χ4n) is 5.02. The monoisotopic (exact) mass is 567 g/mol. The first-order valence-electron chi connectivity index (χ1n) is 13.1. The second-order valence-electron chi connectivity index (χ2n) is 10.1. The van der Waals surface area contributed by atoms with E-state index in [0.29, 0.717) is 16.6 Å². The molecule has 4 aromatic rings. The van der Waals surface area contributed by atoms with E-state index in [4.69, 9.17) is 9.72 Å². The molecule has 1 amide bonds. The molecule has 0 saturated heterocycles. The van der Waals surface area contributed by atoms with Crippen LogP contribution in [0.2, 0.25) is 0 Å². The van der Waals surface area contributed by atoms with Crippen molar-refractivity contribution in [3.8, 4) is 11.5 Å². The van der Waals surface area contributed by atoms with Crippen LogP contribution in [0.25, 0.3) is 11.0 Å². The molecule has 0 bridgehead atoms. The van der Waals surface area contributed by atoms with E-state index in [2.05, 4.69) is 10.1 Å². The van der Waals surface area contributed by atoms with E-state index >= 15 is 0 Å². The minimum Gasteiger partial charge on any atom is -0.395 e. The summed E-state index contributed by atoms with van der Waals surface area (Å²) in [6, 6.07) is 16.2. The zero-order valence-corrected chi connectivity index (χ0v) is 22.7. The van der Waals surface area contributed by atoms with E-state index in [-0.39, 0.29) is 46.6 Å². The molecule has 0 spiro atoms. The molecule has 1 saturated carbocycles. The Morgan fingerprint density at radius 2 is 1.88 bits per heavy atom. The van der Waals surface area contributed by atoms with Crippen LogP contribution in [0.5, 0.6) is 11.5 Å². The van der Waals surface area contributed by atoms with Crippen LogP contribution < -0.4 is 14.8 Å². The Balaban J connectivity index is 1.26. The fraction of sp³-hybridized carbons (Fsp3) is 0.310. The Morgan fingerprint density at radius 3 is 2.58 bits per heavy atom. The maximum Gasteiger partial charge on any atom is 0.586 e. The molecule has 1 aliphatic carbocycles. The van der Waals surface area contributed by atoms with Crippen molar-refractivity contribution >= 4 is 26.8 Å². The number of halogens is 2. The molecule has 208 valence electrons. The lowest BCUT2D eigenvalue weighted by Gasteiger charge is -2.19. The lowest BCUT2D eigenvalue weighted by Crippen LogP contribution is -2.26. The Hall–Kier alpha value is -3.99. The van der Waals surface area contributed by atoms with E-state index < -0.39 is 16.1 Å². The second kappa shape index (κ2) is 9.58. The van der Waals surface area contributed by atoms with Gasteiger partial charge in [-0.1, -0.05) is 31.2 Å². The minimum atomic E-state index is -3.72. The van der Waals surface area contributed by atoms with Crippen LogP contribution in [0, 0.1) is 0 Å². The highest BCUT2D eigenvalue weighted by Crippen LogP contribution is 2.48. The van der Waals surface area contributed by atoms with Crippen molar-refractivity contribution in [3.05, 3.63) is 83.2 Å². The smallest absolute Gasteiger partial charge is 0.395 e. The summed E-state index contributed by atoms with van der Waals surface area (Å²) in [6.07, 6.45) is -1.76. The van der Waals surface area contributed by atoms with Crippen molar-refractivity contribution in [2.24, 2.45) is 0 Å². The van der Waals surface area contributed by atoms with Gasteiger partial charge in [0.05, 0.1) is 27.7 Å². The van der Waals surface area contributed by atoms with E-state index in [0.717, 1.165) is 29.7 Å². The van der Waals surface area contributed by atoms with Crippen molar-refractivity contribution in [1.82, 2.24) is 14.9 Å². The number of imidazole rings is 1. The van der Waals surface area contributed by atoms with Crippen molar-refractivity contribution in [3.63, 3.8) is 0 Å². The average Bonchev–Trinajstić information content (AvgIpc) is 3.63. The first-order valence-corrected chi connectivity index (χ1v) is 14.7. The van der Waals surface area contributed by atoms with Crippen LogP contribution in [-0.4, -0.2) is 35.9 Å². The molecule has 2 heterocycles. The highest BCUT2D eigenvalue weighted by atomic mass is 32.2. The van der Waals surface area contributed by atoms with Crippen LogP contribution in [0.3, 0.4) is 0 Å². The number of aromatic nitrogens is 2. The Kier molecular flexibility index (Phi) is 6.29. The lowest BCUT2D eigenvalue weighted by molar-refractivity contribution is -0.287. The van der Waals surface area contributed by atoms with Crippen LogP contribution in [0.15, 0.2) is 65.6 Å². The molecule has 1 fully saturated rings. The number of para-hydroxylation sites is 1. The van der Waals surface area contributed by atoms with Gasteiger partial charge in [-0.25, -0.2) is 13.4 Å². The van der Waals surface area contributed by atoms with Gasteiger partial charge >= 0.3 is 6.29 Å². The highest BCUT2D eigenvalue weighted by molar-refractivity contribution is 7.91. The summed E-state index contributed by atoms with van der Waals surface area (Å²) in [4.78, 5) is 18.1. The Bertz CT molecular complexity index is 1730. The predicted octanol–water partition coefficient (Wildman–Crippen LogP) is 5.57. The number of carbonyl (C=O) groups excluding carboxylic acids is 1. The van der Waals surface area contributed by atoms with Gasteiger partial charge in [0.1, 0.15) is 5.82 Å². The van der Waals surface area contributed by atoms with E-state index in [1.54, 1.807) is 55.5 Å². The number of amides is 1. The van der Waals surface area contributed by atoms with E-state index in [1.165, 1.54) is 6.07 Å². The third-order valence-electron chi connectivity index (χ3n) is 7.33. The molecular formula is C29H27F2N3O5S. The number of ether oxygens (including phenoxy) is 2. The van der Waals surface area contributed by atoms with Gasteiger partial charge in [-0.2, -0.15) is 0 Å². The first kappa shape index (κ1) is 26.2. The minimum absolute atomic E-state index is 0.00710. The van der Waals surface area contributed by atoms with Crippen molar-refractivity contribution in [2.45, 2.75) is 56.4 Å². The molecule has 6 rings (SSSR count). The normalized spacial score (nSPS) is 16.7. The molecule has 0 unspecified atom stereocenters. The Labute approximate surface area is 229 Å². The number of rotatable bonds is 8. The number of benzene rings is 3. The SMILES string of the molecule is CCS(=O)(=O)c1ccc(CNC(=O)c2ccc3c(c2)nc(C2CC2)n3[C@@H](C)c2cccc3c2OC(F)(F)O3)cc1. The fourth-order valence-corrected chi connectivity index (χ4v) is 5.90. The molecule has 1 aliphatic heterocycles. The van der Waals surface area contributed by atoms with E-state index in [9.17, 15) is 22.0 Å². The third kappa shape index (κ3) is 4.78. The van der Waals surface area contributed by atoms with Crippen LogP contribution in [0.4, 0.5) is 8.78 Å². The first-order chi connectivity index (χ1) is 19.1. The highest BCUT2D eigenvalue weighted by Gasteiger charge is 2.45. The van der Waals surface area contributed by atoms with Gasteiger partial charge < -0.3 is 19.4 Å². The van der Waals surface area contributed by atoms with Gasteiger partial charge in [0, 0.05) is 23.6 Å². The molecular weight excluding hydrogens is 540 g/mol. The largest absolute Gasteiger partial charge is 0.586 e. The number of fused-ring (bicyclic) bond motifs is 2. The van der Waals surface area contributed by atoms with Gasteiger partial charge in [0.2, 0.25) is 0 Å². The van der Waals surface area contributed by atoms with Gasteiger partial charge in [0.25, 0.3) is 5.91 Å². The predicted molar refractivity (Wildman–Crippen MR) is 144 cm³/mol. The molecule has 1 aromatic heterocycles. The number of nitrogens with one attached hydrogen (secondary N) is 1. The molecule has 2 aliphatic rings. The number of alkyl halides is 2. The van der Waals surface area contributed by atoms with Crippen LogP contribution in [-0.2, 0) is 16.4 Å². The molecule has 3 aromatic carbocycles. The number of nitrogens with zero attached hydrogens (tertiary/aromatic N) is 2. The zero-order valence-electron chi connectivity index (χ0n) is 21.9. The summed E-state index contributed by atoms with van der Waals surface area (Å²) < 4.78 is 63.2. The summed E-state index contributed by atoms with van der Waals surface area (Å²) in [5.74, 6) is 0.824. The summed E-state index contributed by atoms with van der Waals surface area (Å²) in [5.41, 5.74) is 3.16. The molecule has 40 heavy (non-hydrogen) atoms. The molecule has 1 atom stereocenters. The van der Waals surface area contributed by atoms with Crippen molar-refractivity contribution in [1.29, 1.82) is 0 Å². The zero-order chi connectivity index (χ0) is 28.2. The molecule has 11 heteroatoms. The standard InChI is InChI=1S/C29H27F2N3O5S/c1-3-40(36,37)21-12-7-18(8-13-21)16-32-28(35)20-11-14-24-23(15-20)33-27(19-9-10-19)34(24)17(2)22-5-4-6-25-26(22)39-29(30,31)38-25/h4-8,11-15,17,19H,3,9-10,16H2,1-2H3,(H,32,35)/t17-/m0/s1. The van der Waals surface area contributed by atoms with Gasteiger partial charge in [-0.15, -0.1) is 8.78 Å². The molecule has 1 N–H and O–H groups in total. The number of hydrogen-bond acceptors (Lipinski definition) is 6. The lowest BCUT2D eigenvalue weighted by atomic mass is 10.1. The van der Waals surface area contributed by atoms with Crippen molar-refractivity contribution in [2.75, 3.05) is 5.75 Å². The number of sulfone groups is 1. The summed E-state index contributed by atoms with van der Waals surface area (Å²) >= 11 is 0. The second-order valence-corrected chi connectivity index (χ2v) is 12.3. The summed E-state index contributed by atoms with van der Waals surface area (Å²) in [7, 11) is -3.29. The number of hydrogen-bond donors (Lipinski definition) is 1. The third-order valence-corrected chi connectivity index (χ3v) is 9.08. The van der Waals surface area contributed by atoms with Gasteiger partial charge in [-0.3, -0.25) is 4.79 Å².